The molecular weight excluding hydrogens is 224 g/mol. The van der Waals surface area contributed by atoms with Crippen LogP contribution in [0.4, 0.5) is 0 Å². The first-order valence-electron chi connectivity index (χ1n) is 6.84. The molecule has 0 aromatic heterocycles. The first kappa shape index (κ1) is 13.1. The van der Waals surface area contributed by atoms with E-state index >= 15 is 0 Å². The van der Waals surface area contributed by atoms with Gasteiger partial charge in [0.25, 0.3) is 0 Å². The van der Waals surface area contributed by atoms with Crippen LogP contribution in [0.5, 0.6) is 0 Å². The summed E-state index contributed by atoms with van der Waals surface area (Å²) in [6, 6.07) is 10.4. The van der Waals surface area contributed by atoms with Gasteiger partial charge in [0.15, 0.2) is 0 Å². The normalized spacial score (nSPS) is 15.8. The average Bonchev–Trinajstić information content (AvgIpc) is 2.90. The topological polar surface area (TPSA) is 46.3 Å². The number of nitrogens with zero attached hydrogens (tertiary/aromatic N) is 1. The third kappa shape index (κ3) is 3.33. The predicted octanol–water partition coefficient (Wildman–Crippen LogP) is 1.96. The van der Waals surface area contributed by atoms with E-state index in [4.69, 9.17) is 5.73 Å². The maximum atomic E-state index is 12.4. The summed E-state index contributed by atoms with van der Waals surface area (Å²) in [4.78, 5) is 14.4. The molecular formula is C15H22N2O. The summed E-state index contributed by atoms with van der Waals surface area (Å²) in [5.74, 6) is 0.221. The molecule has 1 saturated carbocycles. The van der Waals surface area contributed by atoms with Gasteiger partial charge in [-0.1, -0.05) is 43.2 Å². The highest BCUT2D eigenvalue weighted by Gasteiger charge is 2.25. The van der Waals surface area contributed by atoms with Crippen LogP contribution in [0, 0.1) is 0 Å². The Hall–Kier alpha value is -1.35. The van der Waals surface area contributed by atoms with E-state index in [0.29, 0.717) is 25.6 Å². The van der Waals surface area contributed by atoms with Gasteiger partial charge in [0.1, 0.15) is 0 Å². The first-order valence-corrected chi connectivity index (χ1v) is 6.84. The zero-order chi connectivity index (χ0) is 12.8. The van der Waals surface area contributed by atoms with Crippen molar-refractivity contribution in [3.05, 3.63) is 35.9 Å². The van der Waals surface area contributed by atoms with Gasteiger partial charge < -0.3 is 10.6 Å². The molecule has 0 atom stereocenters. The summed E-state index contributed by atoms with van der Waals surface area (Å²) >= 11 is 0. The molecule has 98 valence electrons. The molecule has 0 saturated heterocycles. The maximum absolute atomic E-state index is 12.4. The van der Waals surface area contributed by atoms with Crippen molar-refractivity contribution in [2.75, 3.05) is 13.1 Å². The summed E-state index contributed by atoms with van der Waals surface area (Å²) in [5, 5.41) is 0. The van der Waals surface area contributed by atoms with Crippen LogP contribution in [0.1, 0.15) is 31.2 Å². The van der Waals surface area contributed by atoms with Gasteiger partial charge in [-0.15, -0.1) is 0 Å². The second kappa shape index (κ2) is 6.55. The number of rotatable bonds is 5. The van der Waals surface area contributed by atoms with Gasteiger partial charge in [-0.05, 0) is 18.4 Å². The maximum Gasteiger partial charge on any atom is 0.227 e. The number of amides is 1. The van der Waals surface area contributed by atoms with Crippen LogP contribution < -0.4 is 5.73 Å². The highest BCUT2D eigenvalue weighted by Crippen LogP contribution is 2.23. The monoisotopic (exact) mass is 246 g/mol. The van der Waals surface area contributed by atoms with Crippen molar-refractivity contribution in [1.82, 2.24) is 4.90 Å². The minimum absolute atomic E-state index is 0.221. The highest BCUT2D eigenvalue weighted by molar-refractivity contribution is 5.79. The van der Waals surface area contributed by atoms with Crippen molar-refractivity contribution in [3.8, 4) is 0 Å². The Morgan fingerprint density at radius 2 is 1.89 bits per heavy atom. The fourth-order valence-electron chi connectivity index (χ4n) is 2.74. The number of hydrogen-bond acceptors (Lipinski definition) is 2. The van der Waals surface area contributed by atoms with E-state index in [-0.39, 0.29) is 5.91 Å². The predicted molar refractivity (Wildman–Crippen MR) is 73.2 cm³/mol. The second-order valence-corrected chi connectivity index (χ2v) is 4.98. The zero-order valence-corrected chi connectivity index (χ0v) is 10.8. The van der Waals surface area contributed by atoms with E-state index in [1.165, 1.54) is 12.8 Å². The Morgan fingerprint density at radius 1 is 1.22 bits per heavy atom. The van der Waals surface area contributed by atoms with Crippen molar-refractivity contribution in [2.24, 2.45) is 5.73 Å². The second-order valence-electron chi connectivity index (χ2n) is 4.98. The number of nitrogens with two attached hydrogens (primary N) is 1. The fourth-order valence-corrected chi connectivity index (χ4v) is 2.74. The number of carbonyl (C=O) groups is 1. The molecule has 3 heteroatoms. The average molecular weight is 246 g/mol. The Balaban J connectivity index is 1.99. The molecule has 0 bridgehead atoms. The van der Waals surface area contributed by atoms with Gasteiger partial charge in [0.2, 0.25) is 5.91 Å². The molecule has 0 aliphatic heterocycles. The molecule has 0 unspecified atom stereocenters. The van der Waals surface area contributed by atoms with Crippen LogP contribution in [-0.4, -0.2) is 29.9 Å². The lowest BCUT2D eigenvalue weighted by atomic mass is 10.1. The molecule has 3 nitrogen and oxygen atoms in total. The molecule has 0 heterocycles. The lowest BCUT2D eigenvalue weighted by Gasteiger charge is -2.28. The van der Waals surface area contributed by atoms with Crippen LogP contribution in [0.15, 0.2) is 30.3 Å². The van der Waals surface area contributed by atoms with E-state index in [2.05, 4.69) is 0 Å². The SMILES string of the molecule is NCCN(C(=O)Cc1ccccc1)C1CCCC1. The van der Waals surface area contributed by atoms with Crippen molar-refractivity contribution in [1.29, 1.82) is 0 Å². The Kier molecular flexibility index (Phi) is 4.76. The van der Waals surface area contributed by atoms with Crippen LogP contribution in [-0.2, 0) is 11.2 Å². The fraction of sp³-hybridized carbons (Fsp3) is 0.533. The summed E-state index contributed by atoms with van der Waals surface area (Å²) in [6.45, 7) is 1.24. The number of carbonyl (C=O) groups excluding carboxylic acids is 1. The molecule has 1 fully saturated rings. The minimum Gasteiger partial charge on any atom is -0.338 e. The van der Waals surface area contributed by atoms with Gasteiger partial charge in [-0.2, -0.15) is 0 Å². The molecule has 0 radical (unpaired) electrons. The molecule has 18 heavy (non-hydrogen) atoms. The van der Waals surface area contributed by atoms with Crippen LogP contribution >= 0.6 is 0 Å². The minimum atomic E-state index is 0.221. The molecule has 1 amide bonds. The largest absolute Gasteiger partial charge is 0.338 e. The Labute approximate surface area is 109 Å². The summed E-state index contributed by atoms with van der Waals surface area (Å²) < 4.78 is 0. The van der Waals surface area contributed by atoms with E-state index < -0.39 is 0 Å². The van der Waals surface area contributed by atoms with Crippen molar-refractivity contribution in [2.45, 2.75) is 38.1 Å². The molecule has 2 N–H and O–H groups in total. The first-order chi connectivity index (χ1) is 8.81. The molecule has 2 rings (SSSR count). The summed E-state index contributed by atoms with van der Waals surface area (Å²) in [7, 11) is 0. The van der Waals surface area contributed by atoms with Crippen molar-refractivity contribution >= 4 is 5.91 Å². The lowest BCUT2D eigenvalue weighted by molar-refractivity contribution is -0.132. The highest BCUT2D eigenvalue weighted by atomic mass is 16.2. The van der Waals surface area contributed by atoms with Crippen LogP contribution in [0.2, 0.25) is 0 Å². The van der Waals surface area contributed by atoms with Gasteiger partial charge in [0, 0.05) is 19.1 Å². The zero-order valence-electron chi connectivity index (χ0n) is 10.8. The molecule has 1 aliphatic carbocycles. The summed E-state index contributed by atoms with van der Waals surface area (Å²) in [5.41, 5.74) is 6.72. The van der Waals surface area contributed by atoms with Gasteiger partial charge in [-0.25, -0.2) is 0 Å². The third-order valence-corrected chi connectivity index (χ3v) is 3.65. The van der Waals surface area contributed by atoms with E-state index in [1.54, 1.807) is 0 Å². The van der Waals surface area contributed by atoms with Gasteiger partial charge >= 0.3 is 0 Å². The van der Waals surface area contributed by atoms with Crippen molar-refractivity contribution < 1.29 is 4.79 Å². The van der Waals surface area contributed by atoms with Gasteiger partial charge in [-0.3, -0.25) is 4.79 Å². The number of benzene rings is 1. The van der Waals surface area contributed by atoms with Crippen LogP contribution in [0.3, 0.4) is 0 Å². The van der Waals surface area contributed by atoms with Gasteiger partial charge in [0.05, 0.1) is 6.42 Å². The Morgan fingerprint density at radius 3 is 2.50 bits per heavy atom. The smallest absolute Gasteiger partial charge is 0.227 e. The quantitative estimate of drug-likeness (QED) is 0.863. The van der Waals surface area contributed by atoms with Crippen molar-refractivity contribution in [3.63, 3.8) is 0 Å². The summed E-state index contributed by atoms with van der Waals surface area (Å²) in [6.07, 6.45) is 5.26. The van der Waals surface area contributed by atoms with E-state index in [0.717, 1.165) is 18.4 Å². The Bertz CT molecular complexity index is 371. The molecule has 1 aromatic carbocycles. The standard InChI is InChI=1S/C15H22N2O/c16-10-11-17(14-8-4-5-9-14)15(18)12-13-6-2-1-3-7-13/h1-3,6-7,14H,4-5,8-12,16H2. The third-order valence-electron chi connectivity index (χ3n) is 3.65. The van der Waals surface area contributed by atoms with E-state index in [1.807, 2.05) is 35.2 Å². The molecule has 1 aliphatic rings. The molecule has 0 spiro atoms. The van der Waals surface area contributed by atoms with E-state index in [9.17, 15) is 4.79 Å². The van der Waals surface area contributed by atoms with Crippen LogP contribution in [0.25, 0.3) is 0 Å². The number of hydrogen-bond donors (Lipinski definition) is 1. The lowest BCUT2D eigenvalue weighted by Crippen LogP contribution is -2.42. The molecule has 1 aromatic rings.